The molecule has 0 bridgehead atoms. The SMILES string of the molecule is C=C(/N=C/c1cc(Cl)ccc1C)O[Si]C(C)(C)C. The molecule has 18 heavy (non-hydrogen) atoms. The molecule has 0 amide bonds. The Bertz CT molecular complexity index is 463. The lowest BCUT2D eigenvalue weighted by Gasteiger charge is -2.15. The fourth-order valence-electron chi connectivity index (χ4n) is 1.13. The van der Waals surface area contributed by atoms with Crippen molar-refractivity contribution in [3.05, 3.63) is 46.8 Å². The molecular formula is C14H18ClNOSi. The van der Waals surface area contributed by atoms with Crippen LogP contribution in [-0.4, -0.2) is 16.0 Å². The Morgan fingerprint density at radius 3 is 2.72 bits per heavy atom. The second kappa shape index (κ2) is 6.21. The Hall–Kier alpha value is -1.06. The molecule has 4 heteroatoms. The monoisotopic (exact) mass is 279 g/mol. The van der Waals surface area contributed by atoms with E-state index in [0.717, 1.165) is 11.1 Å². The van der Waals surface area contributed by atoms with Gasteiger partial charge in [0.25, 0.3) is 0 Å². The van der Waals surface area contributed by atoms with Crippen molar-refractivity contribution in [1.82, 2.24) is 0 Å². The molecule has 0 saturated heterocycles. The summed E-state index contributed by atoms with van der Waals surface area (Å²) in [5.74, 6) is 0.433. The molecular weight excluding hydrogens is 262 g/mol. The molecule has 0 unspecified atom stereocenters. The van der Waals surface area contributed by atoms with Crippen molar-refractivity contribution >= 4 is 27.6 Å². The first-order chi connectivity index (χ1) is 8.28. The molecule has 1 rings (SSSR count). The third-order valence-electron chi connectivity index (χ3n) is 2.06. The molecule has 0 heterocycles. The average Bonchev–Trinajstić information content (AvgIpc) is 2.26. The third kappa shape index (κ3) is 5.51. The van der Waals surface area contributed by atoms with Gasteiger partial charge in [-0.3, -0.25) is 0 Å². The van der Waals surface area contributed by atoms with Crippen LogP contribution in [0.25, 0.3) is 0 Å². The molecule has 0 atom stereocenters. The van der Waals surface area contributed by atoms with E-state index in [4.69, 9.17) is 16.0 Å². The number of rotatable bonds is 4. The topological polar surface area (TPSA) is 21.6 Å². The summed E-state index contributed by atoms with van der Waals surface area (Å²) in [6.07, 6.45) is 1.73. The molecule has 2 nitrogen and oxygen atoms in total. The summed E-state index contributed by atoms with van der Waals surface area (Å²) in [6.45, 7) is 12.1. The minimum Gasteiger partial charge on any atom is -0.528 e. The van der Waals surface area contributed by atoms with Gasteiger partial charge in [0.05, 0.1) is 0 Å². The highest BCUT2D eigenvalue weighted by Crippen LogP contribution is 2.21. The first-order valence-corrected chi connectivity index (χ1v) is 7.00. The van der Waals surface area contributed by atoms with Crippen molar-refractivity contribution < 1.29 is 4.43 Å². The molecule has 0 aromatic heterocycles. The highest BCUT2D eigenvalue weighted by molar-refractivity contribution is 6.32. The van der Waals surface area contributed by atoms with E-state index in [2.05, 4.69) is 32.3 Å². The van der Waals surface area contributed by atoms with Crippen molar-refractivity contribution in [2.24, 2.45) is 4.99 Å². The molecule has 0 saturated carbocycles. The normalized spacial score (nSPS) is 11.8. The summed E-state index contributed by atoms with van der Waals surface area (Å²) in [5.41, 5.74) is 2.10. The Labute approximate surface area is 117 Å². The Balaban J connectivity index is 2.64. The number of hydrogen-bond donors (Lipinski definition) is 0. The van der Waals surface area contributed by atoms with Crippen molar-refractivity contribution in [2.75, 3.05) is 0 Å². The summed E-state index contributed by atoms with van der Waals surface area (Å²) in [5, 5.41) is 0.829. The van der Waals surface area contributed by atoms with Crippen LogP contribution in [0.3, 0.4) is 0 Å². The maximum atomic E-state index is 5.94. The van der Waals surface area contributed by atoms with Gasteiger partial charge in [-0.25, -0.2) is 4.99 Å². The number of nitrogens with zero attached hydrogens (tertiary/aromatic N) is 1. The minimum atomic E-state index is 0.129. The zero-order chi connectivity index (χ0) is 13.8. The quantitative estimate of drug-likeness (QED) is 0.455. The van der Waals surface area contributed by atoms with E-state index in [-0.39, 0.29) is 5.04 Å². The Morgan fingerprint density at radius 1 is 1.44 bits per heavy atom. The molecule has 1 aromatic rings. The maximum Gasteiger partial charge on any atom is 0.318 e. The third-order valence-corrected chi connectivity index (χ3v) is 3.25. The van der Waals surface area contributed by atoms with Crippen molar-refractivity contribution in [3.8, 4) is 0 Å². The molecule has 0 spiro atoms. The summed E-state index contributed by atoms with van der Waals surface area (Å²) >= 11 is 5.94. The van der Waals surface area contributed by atoms with Crippen molar-refractivity contribution in [3.63, 3.8) is 0 Å². The van der Waals surface area contributed by atoms with Gasteiger partial charge in [-0.2, -0.15) is 0 Å². The van der Waals surface area contributed by atoms with Gasteiger partial charge in [0.1, 0.15) is 0 Å². The van der Waals surface area contributed by atoms with Crippen LogP contribution in [0.1, 0.15) is 31.9 Å². The number of halogens is 1. The summed E-state index contributed by atoms with van der Waals surface area (Å²) < 4.78 is 5.50. The van der Waals surface area contributed by atoms with E-state index in [9.17, 15) is 0 Å². The average molecular weight is 280 g/mol. The zero-order valence-electron chi connectivity index (χ0n) is 11.2. The highest BCUT2D eigenvalue weighted by atomic mass is 35.5. The van der Waals surface area contributed by atoms with Crippen LogP contribution < -0.4 is 0 Å². The van der Waals surface area contributed by atoms with Gasteiger partial charge in [-0.1, -0.05) is 38.4 Å². The van der Waals surface area contributed by atoms with E-state index in [1.54, 1.807) is 6.21 Å². The standard InChI is InChI=1S/C14H18ClNOSi/c1-10-6-7-13(15)8-12(10)9-16-11(2)17-18-14(3,4)5/h6-9H,2H2,1,3-5H3/b16-9+. The number of benzene rings is 1. The van der Waals surface area contributed by atoms with E-state index in [1.165, 1.54) is 0 Å². The highest BCUT2D eigenvalue weighted by Gasteiger charge is 2.14. The first-order valence-electron chi connectivity index (χ1n) is 5.71. The predicted molar refractivity (Wildman–Crippen MR) is 79.5 cm³/mol. The van der Waals surface area contributed by atoms with Gasteiger partial charge in [-0.15, -0.1) is 0 Å². The lowest BCUT2D eigenvalue weighted by molar-refractivity contribution is 0.425. The molecule has 96 valence electrons. The van der Waals surface area contributed by atoms with Crippen molar-refractivity contribution in [1.29, 1.82) is 0 Å². The molecule has 2 radical (unpaired) electrons. The summed E-state index contributed by atoms with van der Waals surface area (Å²) in [6, 6.07) is 5.70. The second-order valence-corrected chi connectivity index (χ2v) is 7.45. The van der Waals surface area contributed by atoms with Crippen LogP contribution in [0.5, 0.6) is 0 Å². The fraction of sp³-hybridized carbons (Fsp3) is 0.357. The van der Waals surface area contributed by atoms with E-state index in [1.807, 2.05) is 25.1 Å². The van der Waals surface area contributed by atoms with Crippen LogP contribution in [0, 0.1) is 6.92 Å². The van der Waals surface area contributed by atoms with E-state index < -0.39 is 0 Å². The minimum absolute atomic E-state index is 0.129. The molecule has 0 fully saturated rings. The fourth-order valence-corrected chi connectivity index (χ4v) is 1.79. The van der Waals surface area contributed by atoms with Crippen molar-refractivity contribution in [2.45, 2.75) is 32.7 Å². The Kier molecular flexibility index (Phi) is 5.17. The predicted octanol–water partition coefficient (Wildman–Crippen LogP) is 4.39. The number of aryl methyl sites for hydroxylation is 1. The first kappa shape index (κ1) is 15.0. The Morgan fingerprint density at radius 2 is 2.11 bits per heavy atom. The van der Waals surface area contributed by atoms with E-state index >= 15 is 0 Å². The van der Waals surface area contributed by atoms with Crippen LogP contribution >= 0.6 is 11.6 Å². The van der Waals surface area contributed by atoms with Crippen LogP contribution in [-0.2, 0) is 4.43 Å². The molecule has 0 N–H and O–H groups in total. The van der Waals surface area contributed by atoms with Gasteiger partial charge >= 0.3 is 9.76 Å². The van der Waals surface area contributed by atoms with Gasteiger partial charge < -0.3 is 4.43 Å². The molecule has 0 aliphatic rings. The lowest BCUT2D eigenvalue weighted by Crippen LogP contribution is -2.11. The smallest absolute Gasteiger partial charge is 0.318 e. The summed E-state index contributed by atoms with van der Waals surface area (Å²) in [7, 11) is 0.345. The molecule has 0 aliphatic carbocycles. The van der Waals surface area contributed by atoms with Crippen LogP contribution in [0.2, 0.25) is 10.1 Å². The lowest BCUT2D eigenvalue weighted by atomic mass is 10.1. The zero-order valence-corrected chi connectivity index (χ0v) is 13.0. The number of aliphatic imine (C=N–C) groups is 1. The maximum absolute atomic E-state index is 5.94. The molecule has 1 aromatic carbocycles. The molecule has 0 aliphatic heterocycles. The van der Waals surface area contributed by atoms with E-state index in [0.29, 0.717) is 20.7 Å². The second-order valence-electron chi connectivity index (χ2n) is 5.11. The van der Waals surface area contributed by atoms with Gasteiger partial charge in [0.15, 0.2) is 5.88 Å². The van der Waals surface area contributed by atoms with Gasteiger partial charge in [-0.05, 0) is 41.8 Å². The van der Waals surface area contributed by atoms with Crippen LogP contribution in [0.4, 0.5) is 0 Å². The van der Waals surface area contributed by atoms with Crippen LogP contribution in [0.15, 0.2) is 35.7 Å². The van der Waals surface area contributed by atoms with Gasteiger partial charge in [0, 0.05) is 11.2 Å². The number of hydrogen-bond acceptors (Lipinski definition) is 2. The summed E-state index contributed by atoms with van der Waals surface area (Å²) in [4.78, 5) is 4.21. The largest absolute Gasteiger partial charge is 0.528 e. The van der Waals surface area contributed by atoms with Gasteiger partial charge in [0.2, 0.25) is 0 Å².